The molecule has 8 nitrogen and oxygen atoms in total. The van der Waals surface area contributed by atoms with Gasteiger partial charge >= 0.3 is 0 Å². The third kappa shape index (κ3) is 4.60. The van der Waals surface area contributed by atoms with Crippen LogP contribution in [0, 0.1) is 0 Å². The maximum Gasteiger partial charge on any atom is 0.277 e. The lowest BCUT2D eigenvalue weighted by atomic mass is 10.2. The van der Waals surface area contributed by atoms with Crippen molar-refractivity contribution < 1.29 is 17.6 Å². The molecule has 2 aromatic carbocycles. The third-order valence-electron chi connectivity index (χ3n) is 4.35. The molecule has 1 aromatic heterocycles. The molecule has 4 rings (SSSR count). The summed E-state index contributed by atoms with van der Waals surface area (Å²) >= 11 is 1.19. The Hall–Kier alpha value is -2.85. The highest BCUT2D eigenvalue weighted by atomic mass is 32.2. The molecule has 3 aromatic rings. The summed E-state index contributed by atoms with van der Waals surface area (Å²) in [4.78, 5) is 14.4. The SMILES string of the molecule is CS(=O)(=O)Nc1ccc(-c2nnc(SCC(=O)N3CCc4ccccc43)o2)cc1. The monoisotopic (exact) mass is 430 g/mol. The van der Waals surface area contributed by atoms with Crippen LogP contribution in [-0.2, 0) is 21.2 Å². The first kappa shape index (κ1) is 19.5. The first-order valence-corrected chi connectivity index (χ1v) is 11.7. The van der Waals surface area contributed by atoms with Crippen molar-refractivity contribution in [3.63, 3.8) is 0 Å². The largest absolute Gasteiger partial charge is 0.411 e. The normalized spacial score (nSPS) is 13.3. The molecule has 0 bridgehead atoms. The van der Waals surface area contributed by atoms with Gasteiger partial charge in [0.2, 0.25) is 21.8 Å². The molecule has 0 aliphatic carbocycles. The highest BCUT2D eigenvalue weighted by Gasteiger charge is 2.24. The van der Waals surface area contributed by atoms with Gasteiger partial charge in [0, 0.05) is 23.5 Å². The number of carbonyl (C=O) groups excluding carboxylic acids is 1. The van der Waals surface area contributed by atoms with Crippen LogP contribution in [0.25, 0.3) is 11.5 Å². The molecule has 2 heterocycles. The molecule has 1 aliphatic heterocycles. The number of hydrogen-bond donors (Lipinski definition) is 1. The summed E-state index contributed by atoms with van der Waals surface area (Å²) in [5.41, 5.74) is 3.25. The topological polar surface area (TPSA) is 105 Å². The van der Waals surface area contributed by atoms with Crippen LogP contribution in [0.2, 0.25) is 0 Å². The molecule has 1 N–H and O–H groups in total. The number of nitrogens with one attached hydrogen (secondary N) is 1. The van der Waals surface area contributed by atoms with E-state index < -0.39 is 10.0 Å². The predicted octanol–water partition coefficient (Wildman–Crippen LogP) is 2.79. The minimum Gasteiger partial charge on any atom is -0.411 e. The Morgan fingerprint density at radius 3 is 2.69 bits per heavy atom. The number of aromatic nitrogens is 2. The highest BCUT2D eigenvalue weighted by Crippen LogP contribution is 2.29. The molecule has 1 amide bonds. The van der Waals surface area contributed by atoms with Crippen molar-refractivity contribution in [2.45, 2.75) is 11.6 Å². The van der Waals surface area contributed by atoms with E-state index in [4.69, 9.17) is 4.42 Å². The molecule has 0 fully saturated rings. The van der Waals surface area contributed by atoms with E-state index in [0.29, 0.717) is 28.9 Å². The summed E-state index contributed by atoms with van der Waals surface area (Å²) in [6.45, 7) is 0.682. The Kier molecular flexibility index (Phi) is 5.29. The summed E-state index contributed by atoms with van der Waals surface area (Å²) in [6, 6.07) is 14.5. The van der Waals surface area contributed by atoms with Gasteiger partial charge in [0.25, 0.3) is 5.22 Å². The first-order valence-electron chi connectivity index (χ1n) is 8.82. The molecule has 150 valence electrons. The highest BCUT2D eigenvalue weighted by molar-refractivity contribution is 7.99. The van der Waals surface area contributed by atoms with E-state index in [1.807, 2.05) is 24.3 Å². The summed E-state index contributed by atoms with van der Waals surface area (Å²) in [5, 5.41) is 8.29. The van der Waals surface area contributed by atoms with Crippen LogP contribution in [0.4, 0.5) is 11.4 Å². The Morgan fingerprint density at radius 1 is 1.17 bits per heavy atom. The molecular weight excluding hydrogens is 412 g/mol. The molecule has 29 heavy (non-hydrogen) atoms. The minimum atomic E-state index is -3.33. The van der Waals surface area contributed by atoms with E-state index >= 15 is 0 Å². The van der Waals surface area contributed by atoms with Crippen molar-refractivity contribution in [3.8, 4) is 11.5 Å². The van der Waals surface area contributed by atoms with Gasteiger partial charge in [-0.2, -0.15) is 0 Å². The van der Waals surface area contributed by atoms with Crippen LogP contribution in [-0.4, -0.2) is 43.1 Å². The number of sulfonamides is 1. The van der Waals surface area contributed by atoms with E-state index in [9.17, 15) is 13.2 Å². The zero-order chi connectivity index (χ0) is 20.4. The molecule has 0 unspecified atom stereocenters. The number of hydrogen-bond acceptors (Lipinski definition) is 7. The number of thioether (sulfide) groups is 1. The molecule has 0 atom stereocenters. The quantitative estimate of drug-likeness (QED) is 0.600. The Balaban J connectivity index is 1.38. The summed E-state index contributed by atoms with van der Waals surface area (Å²) < 4.78 is 30.5. The summed E-state index contributed by atoms with van der Waals surface area (Å²) in [6.07, 6.45) is 1.95. The van der Waals surface area contributed by atoms with Gasteiger partial charge < -0.3 is 9.32 Å². The second-order valence-electron chi connectivity index (χ2n) is 6.54. The lowest BCUT2D eigenvalue weighted by Crippen LogP contribution is -2.30. The zero-order valence-corrected chi connectivity index (χ0v) is 17.2. The van der Waals surface area contributed by atoms with Crippen LogP contribution in [0.3, 0.4) is 0 Å². The number of amides is 1. The lowest BCUT2D eigenvalue weighted by molar-refractivity contribution is -0.116. The number of anilines is 2. The average molecular weight is 431 g/mol. The third-order valence-corrected chi connectivity index (χ3v) is 5.76. The van der Waals surface area contributed by atoms with Gasteiger partial charge in [0.1, 0.15) is 0 Å². The van der Waals surface area contributed by atoms with Crippen molar-refractivity contribution in [1.29, 1.82) is 0 Å². The molecule has 0 radical (unpaired) electrons. The van der Waals surface area contributed by atoms with Gasteiger partial charge in [-0.25, -0.2) is 8.42 Å². The summed E-state index contributed by atoms with van der Waals surface area (Å²) in [7, 11) is -3.33. The van der Waals surface area contributed by atoms with E-state index in [2.05, 4.69) is 14.9 Å². The summed E-state index contributed by atoms with van der Waals surface area (Å²) in [5.74, 6) is 0.501. The standard InChI is InChI=1S/C19H18N4O4S2/c1-29(25,26)22-15-8-6-14(7-9-15)18-20-21-19(27-18)28-12-17(24)23-11-10-13-4-2-3-5-16(13)23/h2-9,22H,10-12H2,1H3. The van der Waals surface area contributed by atoms with Crippen LogP contribution in [0.5, 0.6) is 0 Å². The van der Waals surface area contributed by atoms with E-state index in [0.717, 1.165) is 18.4 Å². The molecule has 0 saturated heterocycles. The van der Waals surface area contributed by atoms with Crippen molar-refractivity contribution in [1.82, 2.24) is 10.2 Å². The van der Waals surface area contributed by atoms with Gasteiger partial charge in [-0.05, 0) is 42.3 Å². The fraction of sp³-hybridized carbons (Fsp3) is 0.211. The fourth-order valence-electron chi connectivity index (χ4n) is 3.08. The number of nitrogens with zero attached hydrogens (tertiary/aromatic N) is 3. The van der Waals surface area contributed by atoms with E-state index in [1.54, 1.807) is 29.2 Å². The molecule has 0 saturated carbocycles. The van der Waals surface area contributed by atoms with Crippen LogP contribution >= 0.6 is 11.8 Å². The second kappa shape index (κ2) is 7.88. The molecule has 1 aliphatic rings. The maximum absolute atomic E-state index is 12.6. The Bertz CT molecular complexity index is 1140. The van der Waals surface area contributed by atoms with Crippen LogP contribution < -0.4 is 9.62 Å². The minimum absolute atomic E-state index is 0.00379. The molecular formula is C19H18N4O4S2. The van der Waals surface area contributed by atoms with Gasteiger partial charge in [0.05, 0.1) is 12.0 Å². The van der Waals surface area contributed by atoms with Crippen LogP contribution in [0.1, 0.15) is 5.56 Å². The molecule has 10 heteroatoms. The van der Waals surface area contributed by atoms with Crippen molar-refractivity contribution >= 4 is 39.1 Å². The number of para-hydroxylation sites is 1. The smallest absolute Gasteiger partial charge is 0.277 e. The predicted molar refractivity (Wildman–Crippen MR) is 111 cm³/mol. The number of carbonyl (C=O) groups is 1. The van der Waals surface area contributed by atoms with Crippen molar-refractivity contribution in [2.24, 2.45) is 0 Å². The van der Waals surface area contributed by atoms with Crippen LogP contribution in [0.15, 0.2) is 58.2 Å². The van der Waals surface area contributed by atoms with Gasteiger partial charge in [-0.3, -0.25) is 9.52 Å². The lowest BCUT2D eigenvalue weighted by Gasteiger charge is -2.16. The average Bonchev–Trinajstić information content (AvgIpc) is 3.33. The number of fused-ring (bicyclic) bond motifs is 1. The maximum atomic E-state index is 12.6. The first-order chi connectivity index (χ1) is 13.9. The fourth-order valence-corrected chi connectivity index (χ4v) is 4.28. The van der Waals surface area contributed by atoms with Gasteiger partial charge in [-0.15, -0.1) is 10.2 Å². The second-order valence-corrected chi connectivity index (χ2v) is 9.21. The van der Waals surface area contributed by atoms with E-state index in [1.165, 1.54) is 17.3 Å². The molecule has 0 spiro atoms. The Labute approximate surface area is 172 Å². The van der Waals surface area contributed by atoms with Gasteiger partial charge in [0.15, 0.2) is 0 Å². The van der Waals surface area contributed by atoms with Crippen molar-refractivity contribution in [3.05, 3.63) is 54.1 Å². The number of benzene rings is 2. The van der Waals surface area contributed by atoms with E-state index in [-0.39, 0.29) is 11.7 Å². The number of rotatable bonds is 6. The van der Waals surface area contributed by atoms with Gasteiger partial charge in [-0.1, -0.05) is 30.0 Å². The van der Waals surface area contributed by atoms with Crippen molar-refractivity contribution in [2.75, 3.05) is 28.2 Å². The zero-order valence-electron chi connectivity index (χ0n) is 15.5. The Morgan fingerprint density at radius 2 is 1.93 bits per heavy atom.